The Hall–Kier alpha value is -0.890. The van der Waals surface area contributed by atoms with E-state index >= 15 is 0 Å². The highest BCUT2D eigenvalue weighted by Gasteiger charge is 2.35. The highest BCUT2D eigenvalue weighted by Crippen LogP contribution is 2.24. The van der Waals surface area contributed by atoms with E-state index in [0.29, 0.717) is 19.6 Å². The van der Waals surface area contributed by atoms with Gasteiger partial charge in [-0.05, 0) is 19.4 Å². The molecule has 1 aliphatic heterocycles. The van der Waals surface area contributed by atoms with Crippen LogP contribution >= 0.6 is 11.6 Å². The van der Waals surface area contributed by atoms with Gasteiger partial charge < -0.3 is 10.5 Å². The van der Waals surface area contributed by atoms with E-state index in [0.717, 1.165) is 0 Å². The first kappa shape index (κ1) is 13.5. The number of halogens is 1. The minimum absolute atomic E-state index is 0.0746. The predicted molar refractivity (Wildman–Crippen MR) is 67.8 cm³/mol. The molecule has 1 saturated heterocycles. The number of rotatable bonds is 3. The zero-order valence-electron chi connectivity index (χ0n) is 9.81. The van der Waals surface area contributed by atoms with Crippen LogP contribution in [0.1, 0.15) is 13.3 Å². The van der Waals surface area contributed by atoms with Gasteiger partial charge >= 0.3 is 0 Å². The summed E-state index contributed by atoms with van der Waals surface area (Å²) in [6.07, 6.45) is 1.91. The van der Waals surface area contributed by atoms with E-state index in [1.54, 1.807) is 6.92 Å². The molecule has 2 rings (SSSR count). The maximum atomic E-state index is 12.2. The average molecular weight is 292 g/mol. The fourth-order valence-electron chi connectivity index (χ4n) is 1.77. The molecular formula is C10H14ClN3O3S. The van der Waals surface area contributed by atoms with Gasteiger partial charge in [-0.2, -0.15) is 0 Å². The quantitative estimate of drug-likeness (QED) is 0.858. The second-order valence-electron chi connectivity index (χ2n) is 4.51. The summed E-state index contributed by atoms with van der Waals surface area (Å²) in [5, 5.41) is 0.220. The maximum Gasteiger partial charge on any atom is 0.244 e. The summed E-state index contributed by atoms with van der Waals surface area (Å²) < 4.78 is 32.2. The molecule has 1 aromatic heterocycles. The maximum absolute atomic E-state index is 12.2. The lowest BCUT2D eigenvalue weighted by molar-refractivity contribution is 0.178. The van der Waals surface area contributed by atoms with Crippen LogP contribution in [0, 0.1) is 0 Å². The molecule has 1 unspecified atom stereocenters. The molecule has 1 fully saturated rings. The van der Waals surface area contributed by atoms with Gasteiger partial charge in [0.15, 0.2) is 0 Å². The molecule has 1 aromatic rings. The molecule has 0 saturated carbocycles. The molecule has 6 nitrogen and oxygen atoms in total. The van der Waals surface area contributed by atoms with Gasteiger partial charge in [0.05, 0.1) is 17.2 Å². The van der Waals surface area contributed by atoms with E-state index in [2.05, 4.69) is 9.71 Å². The lowest BCUT2D eigenvalue weighted by atomic mass is 10.0. The van der Waals surface area contributed by atoms with Crippen LogP contribution in [-0.2, 0) is 14.8 Å². The first-order valence-corrected chi connectivity index (χ1v) is 7.21. The van der Waals surface area contributed by atoms with E-state index in [4.69, 9.17) is 22.1 Å². The average Bonchev–Trinajstić information content (AvgIpc) is 2.67. The zero-order valence-corrected chi connectivity index (χ0v) is 11.4. The second kappa shape index (κ2) is 4.65. The van der Waals surface area contributed by atoms with Crippen molar-refractivity contribution in [3.63, 3.8) is 0 Å². The third-order valence-corrected chi connectivity index (χ3v) is 4.61. The summed E-state index contributed by atoms with van der Waals surface area (Å²) in [7, 11) is -3.76. The van der Waals surface area contributed by atoms with E-state index < -0.39 is 15.6 Å². The van der Waals surface area contributed by atoms with Crippen molar-refractivity contribution in [2.24, 2.45) is 0 Å². The largest absolute Gasteiger partial charge is 0.383 e. The van der Waals surface area contributed by atoms with Crippen LogP contribution in [0.4, 0.5) is 5.82 Å². The normalized spacial score (nSPS) is 24.3. The van der Waals surface area contributed by atoms with Crippen LogP contribution in [0.15, 0.2) is 17.2 Å². The fourth-order valence-corrected chi connectivity index (χ4v) is 3.53. The Balaban J connectivity index is 2.33. The fraction of sp³-hybridized carbons (Fsp3) is 0.500. The number of anilines is 1. The predicted octanol–water partition coefficient (Wildman–Crippen LogP) is 0.775. The van der Waals surface area contributed by atoms with Gasteiger partial charge in [0, 0.05) is 12.8 Å². The molecule has 0 spiro atoms. The van der Waals surface area contributed by atoms with Crippen molar-refractivity contribution in [2.75, 3.05) is 18.9 Å². The number of ether oxygens (including phenoxy) is 1. The SMILES string of the molecule is CC1(NS(=O)(=O)c2cc(Cl)cnc2N)CCOC1. The van der Waals surface area contributed by atoms with Crippen molar-refractivity contribution in [3.8, 4) is 0 Å². The zero-order chi connectivity index (χ0) is 13.4. The minimum atomic E-state index is -3.76. The summed E-state index contributed by atoms with van der Waals surface area (Å²) in [6.45, 7) is 2.65. The monoisotopic (exact) mass is 291 g/mol. The van der Waals surface area contributed by atoms with Crippen molar-refractivity contribution in [3.05, 3.63) is 17.3 Å². The van der Waals surface area contributed by atoms with Gasteiger partial charge in [-0.25, -0.2) is 18.1 Å². The molecule has 0 aromatic carbocycles. The van der Waals surface area contributed by atoms with Crippen LogP contribution in [0.25, 0.3) is 0 Å². The molecule has 18 heavy (non-hydrogen) atoms. The van der Waals surface area contributed by atoms with Gasteiger partial charge in [0.25, 0.3) is 0 Å². The summed E-state index contributed by atoms with van der Waals surface area (Å²) in [6, 6.07) is 1.28. The summed E-state index contributed by atoms with van der Waals surface area (Å²) in [5.74, 6) is -0.0746. The molecule has 100 valence electrons. The van der Waals surface area contributed by atoms with E-state index in [1.807, 2.05) is 0 Å². The molecule has 0 amide bonds. The first-order chi connectivity index (χ1) is 8.32. The number of nitrogens with one attached hydrogen (secondary N) is 1. The van der Waals surface area contributed by atoms with Crippen LogP contribution in [0.5, 0.6) is 0 Å². The number of hydrogen-bond donors (Lipinski definition) is 2. The van der Waals surface area contributed by atoms with Crippen molar-refractivity contribution in [1.29, 1.82) is 0 Å². The summed E-state index contributed by atoms with van der Waals surface area (Å²) in [5.41, 5.74) is 4.96. The number of sulfonamides is 1. The molecule has 3 N–H and O–H groups in total. The van der Waals surface area contributed by atoms with Crippen molar-refractivity contribution in [2.45, 2.75) is 23.8 Å². The standard InChI is InChI=1S/C10H14ClN3O3S/c1-10(2-3-17-6-10)14-18(15,16)8-4-7(11)5-13-9(8)12/h4-5,14H,2-3,6H2,1H3,(H2,12,13). The Morgan fingerprint density at radius 3 is 2.94 bits per heavy atom. The Morgan fingerprint density at radius 1 is 1.61 bits per heavy atom. The first-order valence-electron chi connectivity index (χ1n) is 5.35. The van der Waals surface area contributed by atoms with Crippen molar-refractivity contribution < 1.29 is 13.2 Å². The third-order valence-electron chi connectivity index (χ3n) is 2.74. The minimum Gasteiger partial charge on any atom is -0.383 e. The molecule has 1 aliphatic rings. The number of nitrogens with two attached hydrogens (primary N) is 1. The Labute approximate surface area is 111 Å². The van der Waals surface area contributed by atoms with E-state index in [-0.39, 0.29) is 15.7 Å². The summed E-state index contributed by atoms with van der Waals surface area (Å²) >= 11 is 5.74. The van der Waals surface area contributed by atoms with E-state index in [9.17, 15) is 8.42 Å². The summed E-state index contributed by atoms with van der Waals surface area (Å²) in [4.78, 5) is 3.63. The van der Waals surface area contributed by atoms with Crippen LogP contribution < -0.4 is 10.5 Å². The lowest BCUT2D eigenvalue weighted by Crippen LogP contribution is -2.46. The van der Waals surface area contributed by atoms with Gasteiger partial charge in [0.1, 0.15) is 10.7 Å². The molecule has 0 aliphatic carbocycles. The smallest absolute Gasteiger partial charge is 0.244 e. The van der Waals surface area contributed by atoms with Crippen molar-refractivity contribution in [1.82, 2.24) is 9.71 Å². The van der Waals surface area contributed by atoms with Gasteiger partial charge in [-0.15, -0.1) is 0 Å². The van der Waals surface area contributed by atoms with Gasteiger partial charge in [0.2, 0.25) is 10.0 Å². The highest BCUT2D eigenvalue weighted by atomic mass is 35.5. The highest BCUT2D eigenvalue weighted by molar-refractivity contribution is 7.89. The molecule has 0 radical (unpaired) electrons. The molecule has 8 heteroatoms. The number of nitrogens with zero attached hydrogens (tertiary/aromatic N) is 1. The molecular weight excluding hydrogens is 278 g/mol. The third kappa shape index (κ3) is 2.74. The van der Waals surface area contributed by atoms with Gasteiger partial charge in [-0.1, -0.05) is 11.6 Å². The van der Waals surface area contributed by atoms with Crippen LogP contribution in [0.2, 0.25) is 5.02 Å². The number of aromatic nitrogens is 1. The lowest BCUT2D eigenvalue weighted by Gasteiger charge is -2.23. The van der Waals surface area contributed by atoms with E-state index in [1.165, 1.54) is 12.3 Å². The van der Waals surface area contributed by atoms with Crippen molar-refractivity contribution >= 4 is 27.4 Å². The molecule has 2 heterocycles. The second-order valence-corrected chi connectivity index (χ2v) is 6.59. The number of pyridine rings is 1. The topological polar surface area (TPSA) is 94.3 Å². The Bertz CT molecular complexity index is 555. The number of nitrogen functional groups attached to an aromatic ring is 1. The van der Waals surface area contributed by atoms with Crippen LogP contribution in [0.3, 0.4) is 0 Å². The molecule has 0 bridgehead atoms. The Morgan fingerprint density at radius 2 is 2.33 bits per heavy atom. The Kier molecular flexibility index (Phi) is 3.50. The van der Waals surface area contributed by atoms with Gasteiger partial charge in [-0.3, -0.25) is 0 Å². The van der Waals surface area contributed by atoms with Crippen LogP contribution in [-0.4, -0.2) is 32.2 Å². The molecule has 1 atom stereocenters. The number of hydrogen-bond acceptors (Lipinski definition) is 5.